The third-order valence-corrected chi connectivity index (χ3v) is 4.11. The molecule has 0 spiro atoms. The number of esters is 1. The Balaban J connectivity index is 2.45. The van der Waals surface area contributed by atoms with E-state index in [0.29, 0.717) is 0 Å². The van der Waals surface area contributed by atoms with Crippen molar-refractivity contribution in [1.29, 1.82) is 0 Å². The Morgan fingerprint density at radius 1 is 1.48 bits per heavy atom. The smallest absolute Gasteiger partial charge is 0.311 e. The van der Waals surface area contributed by atoms with Gasteiger partial charge >= 0.3 is 5.97 Å². The summed E-state index contributed by atoms with van der Waals surface area (Å²) in [5, 5.41) is 0. The van der Waals surface area contributed by atoms with Gasteiger partial charge in [0.05, 0.1) is 18.7 Å². The summed E-state index contributed by atoms with van der Waals surface area (Å²) in [6.45, 7) is -0.0303. The molecule has 1 amide bonds. The lowest BCUT2D eigenvalue weighted by molar-refractivity contribution is -0.145. The number of carbonyl (C=O) groups excluding carboxylic acids is 2. The Bertz CT molecular complexity index is 700. The molecule has 114 valence electrons. The zero-order valence-electron chi connectivity index (χ0n) is 11.1. The van der Waals surface area contributed by atoms with E-state index >= 15 is 0 Å². The van der Waals surface area contributed by atoms with Crippen molar-refractivity contribution in [2.45, 2.75) is 11.3 Å². The Morgan fingerprint density at radius 3 is 2.71 bits per heavy atom. The molecule has 2 rings (SSSR count). The number of benzene rings is 1. The molecule has 0 aliphatic carbocycles. The predicted molar refractivity (Wildman–Crippen MR) is 73.1 cm³/mol. The van der Waals surface area contributed by atoms with Crippen molar-refractivity contribution in [1.82, 2.24) is 0 Å². The van der Waals surface area contributed by atoms with Gasteiger partial charge in [0.25, 0.3) is 10.1 Å². The molecule has 1 aliphatic heterocycles. The molecule has 1 aliphatic rings. The molecule has 0 aromatic heterocycles. The van der Waals surface area contributed by atoms with Gasteiger partial charge in [0.1, 0.15) is 4.90 Å². The van der Waals surface area contributed by atoms with Gasteiger partial charge in [-0.05, 0) is 18.2 Å². The number of nitrogens with two attached hydrogens (primary N) is 1. The Morgan fingerprint density at radius 2 is 2.14 bits per heavy atom. The number of hydrogen-bond acceptors (Lipinski definition) is 6. The number of amides is 1. The van der Waals surface area contributed by atoms with E-state index < -0.39 is 32.8 Å². The number of rotatable bonds is 3. The molecule has 1 unspecified atom stereocenters. The number of methoxy groups -OCH3 is 1. The summed E-state index contributed by atoms with van der Waals surface area (Å²) in [6, 6.07) is 3.67. The highest BCUT2D eigenvalue weighted by molar-refractivity contribution is 7.86. The van der Waals surface area contributed by atoms with Crippen molar-refractivity contribution >= 4 is 33.4 Å². The Hall–Kier alpha value is -2.13. The summed E-state index contributed by atoms with van der Waals surface area (Å²) in [7, 11) is -3.31. The Labute approximate surface area is 121 Å². The van der Waals surface area contributed by atoms with Crippen LogP contribution in [0.15, 0.2) is 23.1 Å². The van der Waals surface area contributed by atoms with Gasteiger partial charge < -0.3 is 15.4 Å². The molecule has 1 heterocycles. The maximum atomic E-state index is 12.0. The van der Waals surface area contributed by atoms with E-state index in [1.54, 1.807) is 0 Å². The van der Waals surface area contributed by atoms with Crippen LogP contribution in [-0.2, 0) is 24.4 Å². The van der Waals surface area contributed by atoms with Crippen LogP contribution in [0.3, 0.4) is 0 Å². The summed E-state index contributed by atoms with van der Waals surface area (Å²) >= 11 is 0. The van der Waals surface area contributed by atoms with Crippen molar-refractivity contribution in [3.8, 4) is 0 Å². The Kier molecular flexibility index (Phi) is 3.88. The quantitative estimate of drug-likeness (QED) is 0.458. The second-order valence-corrected chi connectivity index (χ2v) is 6.02. The maximum absolute atomic E-state index is 12.0. The predicted octanol–water partition coefficient (Wildman–Crippen LogP) is 0.0414. The third-order valence-electron chi connectivity index (χ3n) is 3.21. The second kappa shape index (κ2) is 5.34. The molecular weight excluding hydrogens is 300 g/mol. The van der Waals surface area contributed by atoms with Gasteiger partial charge in [-0.15, -0.1) is 0 Å². The zero-order valence-corrected chi connectivity index (χ0v) is 12.0. The van der Waals surface area contributed by atoms with Crippen molar-refractivity contribution in [3.63, 3.8) is 0 Å². The van der Waals surface area contributed by atoms with Crippen LogP contribution in [0.2, 0.25) is 0 Å². The summed E-state index contributed by atoms with van der Waals surface area (Å²) in [5.74, 6) is -1.68. The summed E-state index contributed by atoms with van der Waals surface area (Å²) in [4.78, 5) is 24.2. The molecule has 21 heavy (non-hydrogen) atoms. The standard InChI is InChI=1S/C12H14N2O6S/c1-20-12(16)7-4-11(15)14(6-7)9-5-8(13)2-3-10(9)21(17,18)19/h2-3,5,7H,4,6,13H2,1H3,(H,17,18,19). The number of ether oxygens (including phenoxy) is 1. The lowest BCUT2D eigenvalue weighted by Gasteiger charge is -2.19. The molecule has 9 heteroatoms. The summed E-state index contributed by atoms with van der Waals surface area (Å²) in [6.07, 6.45) is -0.0909. The van der Waals surface area contributed by atoms with E-state index in [4.69, 9.17) is 5.73 Å². The minimum atomic E-state index is -4.52. The van der Waals surface area contributed by atoms with Crippen LogP contribution >= 0.6 is 0 Å². The van der Waals surface area contributed by atoms with Crippen molar-refractivity contribution in [3.05, 3.63) is 18.2 Å². The van der Waals surface area contributed by atoms with E-state index in [-0.39, 0.29) is 24.3 Å². The molecule has 1 atom stereocenters. The van der Waals surface area contributed by atoms with Gasteiger partial charge in [-0.1, -0.05) is 0 Å². The first kappa shape index (κ1) is 15.3. The first-order chi connectivity index (χ1) is 9.74. The first-order valence-electron chi connectivity index (χ1n) is 5.99. The second-order valence-electron chi connectivity index (χ2n) is 4.63. The first-order valence-corrected chi connectivity index (χ1v) is 7.43. The minimum absolute atomic E-state index is 0.0303. The molecule has 1 saturated heterocycles. The molecule has 3 N–H and O–H groups in total. The highest BCUT2D eigenvalue weighted by Crippen LogP contribution is 2.32. The molecule has 0 bridgehead atoms. The van der Waals surface area contributed by atoms with E-state index in [9.17, 15) is 22.6 Å². The number of hydrogen-bond donors (Lipinski definition) is 2. The average Bonchev–Trinajstić information content (AvgIpc) is 2.78. The highest BCUT2D eigenvalue weighted by Gasteiger charge is 2.37. The van der Waals surface area contributed by atoms with Gasteiger partial charge in [0.15, 0.2) is 0 Å². The third kappa shape index (κ3) is 2.98. The number of carbonyl (C=O) groups is 2. The van der Waals surface area contributed by atoms with E-state index in [1.807, 2.05) is 0 Å². The van der Waals surface area contributed by atoms with Crippen LogP contribution in [0.25, 0.3) is 0 Å². The van der Waals surface area contributed by atoms with Gasteiger partial charge in [0.2, 0.25) is 5.91 Å². The van der Waals surface area contributed by atoms with Crippen LogP contribution < -0.4 is 10.6 Å². The monoisotopic (exact) mass is 314 g/mol. The van der Waals surface area contributed by atoms with Crippen molar-refractivity contribution in [2.24, 2.45) is 5.92 Å². The summed E-state index contributed by atoms with van der Waals surface area (Å²) in [5.41, 5.74) is 5.78. The topological polar surface area (TPSA) is 127 Å². The van der Waals surface area contributed by atoms with E-state index in [0.717, 1.165) is 11.0 Å². The van der Waals surface area contributed by atoms with Gasteiger partial charge in [-0.25, -0.2) is 0 Å². The minimum Gasteiger partial charge on any atom is -0.469 e. The molecule has 1 aromatic rings. The SMILES string of the molecule is COC(=O)C1CC(=O)N(c2cc(N)ccc2S(=O)(=O)O)C1. The van der Waals surface area contributed by atoms with E-state index in [1.165, 1.54) is 19.2 Å². The lowest BCUT2D eigenvalue weighted by Crippen LogP contribution is -2.27. The summed E-state index contributed by atoms with van der Waals surface area (Å²) < 4.78 is 36.6. The fourth-order valence-electron chi connectivity index (χ4n) is 2.23. The van der Waals surface area contributed by atoms with Crippen LogP contribution in [0.1, 0.15) is 6.42 Å². The number of anilines is 2. The normalized spacial score (nSPS) is 18.9. The van der Waals surface area contributed by atoms with Gasteiger partial charge in [-0.3, -0.25) is 14.1 Å². The average molecular weight is 314 g/mol. The van der Waals surface area contributed by atoms with Crippen molar-refractivity contribution in [2.75, 3.05) is 24.3 Å². The number of nitrogen functional groups attached to an aromatic ring is 1. The zero-order chi connectivity index (χ0) is 15.8. The fourth-order valence-corrected chi connectivity index (χ4v) is 2.90. The molecule has 8 nitrogen and oxygen atoms in total. The highest BCUT2D eigenvalue weighted by atomic mass is 32.2. The van der Waals surface area contributed by atoms with Crippen molar-refractivity contribution < 1.29 is 27.3 Å². The largest absolute Gasteiger partial charge is 0.469 e. The van der Waals surface area contributed by atoms with Gasteiger partial charge in [-0.2, -0.15) is 8.42 Å². The molecule has 1 fully saturated rings. The maximum Gasteiger partial charge on any atom is 0.311 e. The fraction of sp³-hybridized carbons (Fsp3) is 0.333. The van der Waals surface area contributed by atoms with E-state index in [2.05, 4.69) is 4.74 Å². The van der Waals surface area contributed by atoms with Crippen LogP contribution in [-0.4, -0.2) is 38.5 Å². The molecular formula is C12H14N2O6S. The van der Waals surface area contributed by atoms with Crippen LogP contribution in [0, 0.1) is 5.92 Å². The van der Waals surface area contributed by atoms with Gasteiger partial charge in [0, 0.05) is 18.7 Å². The lowest BCUT2D eigenvalue weighted by atomic mass is 10.1. The molecule has 0 saturated carbocycles. The molecule has 0 radical (unpaired) electrons. The molecule has 1 aromatic carbocycles. The number of nitrogens with zero attached hydrogens (tertiary/aromatic N) is 1. The van der Waals surface area contributed by atoms with Crippen LogP contribution in [0.5, 0.6) is 0 Å². The van der Waals surface area contributed by atoms with Crippen LogP contribution in [0.4, 0.5) is 11.4 Å².